The molecule has 1 aliphatic carbocycles. The highest BCUT2D eigenvalue weighted by atomic mass is 16.2. The SMILES string of the molecule is CCN1CCN(C(=O)C2CC(N)C2)CC1. The lowest BCUT2D eigenvalue weighted by Crippen LogP contribution is -2.53. The normalized spacial score (nSPS) is 32.5. The van der Waals surface area contributed by atoms with Gasteiger partial charge in [-0.15, -0.1) is 0 Å². The van der Waals surface area contributed by atoms with E-state index in [1.54, 1.807) is 0 Å². The number of carbonyl (C=O) groups is 1. The second kappa shape index (κ2) is 4.49. The Morgan fingerprint density at radius 1 is 1.27 bits per heavy atom. The van der Waals surface area contributed by atoms with Gasteiger partial charge in [0.05, 0.1) is 0 Å². The van der Waals surface area contributed by atoms with E-state index in [4.69, 9.17) is 5.73 Å². The van der Waals surface area contributed by atoms with Crippen LogP contribution in [0.25, 0.3) is 0 Å². The Labute approximate surface area is 91.4 Å². The summed E-state index contributed by atoms with van der Waals surface area (Å²) < 4.78 is 0. The molecular formula is C11H21N3O. The minimum atomic E-state index is 0.230. The fraction of sp³-hybridized carbons (Fsp3) is 0.909. The van der Waals surface area contributed by atoms with Crippen LogP contribution in [0.15, 0.2) is 0 Å². The van der Waals surface area contributed by atoms with Crippen LogP contribution in [-0.2, 0) is 4.79 Å². The van der Waals surface area contributed by atoms with E-state index in [0.29, 0.717) is 5.91 Å². The van der Waals surface area contributed by atoms with Crippen LogP contribution in [0.4, 0.5) is 0 Å². The minimum Gasteiger partial charge on any atom is -0.340 e. The van der Waals surface area contributed by atoms with E-state index >= 15 is 0 Å². The molecule has 15 heavy (non-hydrogen) atoms. The van der Waals surface area contributed by atoms with Crippen molar-refractivity contribution in [1.82, 2.24) is 9.80 Å². The zero-order valence-electron chi connectivity index (χ0n) is 9.48. The van der Waals surface area contributed by atoms with Gasteiger partial charge in [-0.1, -0.05) is 6.92 Å². The number of rotatable bonds is 2. The van der Waals surface area contributed by atoms with Gasteiger partial charge in [-0.25, -0.2) is 0 Å². The third-order valence-electron chi connectivity index (χ3n) is 3.65. The van der Waals surface area contributed by atoms with Crippen molar-refractivity contribution in [2.24, 2.45) is 11.7 Å². The van der Waals surface area contributed by atoms with Crippen LogP contribution < -0.4 is 5.73 Å². The largest absolute Gasteiger partial charge is 0.340 e. The topological polar surface area (TPSA) is 49.6 Å². The molecule has 0 aromatic heterocycles. The minimum absolute atomic E-state index is 0.230. The van der Waals surface area contributed by atoms with Crippen molar-refractivity contribution in [3.63, 3.8) is 0 Å². The molecule has 1 heterocycles. The molecule has 1 aliphatic heterocycles. The summed E-state index contributed by atoms with van der Waals surface area (Å²) in [5.74, 6) is 0.570. The molecule has 2 rings (SSSR count). The number of nitrogens with zero attached hydrogens (tertiary/aromatic N) is 2. The molecule has 0 unspecified atom stereocenters. The Balaban J connectivity index is 1.78. The fourth-order valence-electron chi connectivity index (χ4n) is 2.41. The maximum atomic E-state index is 12.0. The number of hydrogen-bond donors (Lipinski definition) is 1. The van der Waals surface area contributed by atoms with Crippen molar-refractivity contribution in [2.45, 2.75) is 25.8 Å². The molecule has 0 radical (unpaired) electrons. The monoisotopic (exact) mass is 211 g/mol. The average molecular weight is 211 g/mol. The van der Waals surface area contributed by atoms with Crippen LogP contribution in [0.5, 0.6) is 0 Å². The molecule has 0 aromatic carbocycles. The Morgan fingerprint density at radius 3 is 2.33 bits per heavy atom. The molecule has 2 N–H and O–H groups in total. The van der Waals surface area contributed by atoms with Gasteiger partial charge >= 0.3 is 0 Å². The van der Waals surface area contributed by atoms with E-state index in [-0.39, 0.29) is 12.0 Å². The number of nitrogens with two attached hydrogens (primary N) is 1. The predicted octanol–water partition coefficient (Wildman–Crippen LogP) is -0.112. The summed E-state index contributed by atoms with van der Waals surface area (Å²) in [4.78, 5) is 16.4. The van der Waals surface area contributed by atoms with Gasteiger partial charge in [-0.2, -0.15) is 0 Å². The predicted molar refractivity (Wildman–Crippen MR) is 59.4 cm³/mol. The van der Waals surface area contributed by atoms with Crippen molar-refractivity contribution < 1.29 is 4.79 Å². The van der Waals surface area contributed by atoms with Gasteiger partial charge in [0, 0.05) is 38.1 Å². The molecule has 0 atom stereocenters. The Hall–Kier alpha value is -0.610. The van der Waals surface area contributed by atoms with Gasteiger partial charge in [-0.05, 0) is 19.4 Å². The van der Waals surface area contributed by atoms with Crippen molar-refractivity contribution in [3.05, 3.63) is 0 Å². The first-order chi connectivity index (χ1) is 7.20. The molecule has 4 nitrogen and oxygen atoms in total. The average Bonchev–Trinajstić information content (AvgIpc) is 2.24. The summed E-state index contributed by atoms with van der Waals surface area (Å²) in [5.41, 5.74) is 5.70. The Bertz CT molecular complexity index is 230. The van der Waals surface area contributed by atoms with E-state index in [2.05, 4.69) is 11.8 Å². The lowest BCUT2D eigenvalue weighted by atomic mass is 9.80. The molecule has 0 spiro atoms. The van der Waals surface area contributed by atoms with Crippen LogP contribution in [0.2, 0.25) is 0 Å². The van der Waals surface area contributed by atoms with E-state index in [0.717, 1.165) is 45.6 Å². The second-order valence-corrected chi connectivity index (χ2v) is 4.69. The summed E-state index contributed by atoms with van der Waals surface area (Å²) >= 11 is 0. The summed E-state index contributed by atoms with van der Waals surface area (Å²) in [6.45, 7) is 7.12. The zero-order valence-corrected chi connectivity index (χ0v) is 9.48. The van der Waals surface area contributed by atoms with Crippen molar-refractivity contribution >= 4 is 5.91 Å². The van der Waals surface area contributed by atoms with E-state index in [1.165, 1.54) is 0 Å². The molecule has 86 valence electrons. The number of hydrogen-bond acceptors (Lipinski definition) is 3. The lowest BCUT2D eigenvalue weighted by Gasteiger charge is -2.39. The molecule has 4 heteroatoms. The first kappa shape index (κ1) is 10.9. The zero-order chi connectivity index (χ0) is 10.8. The highest BCUT2D eigenvalue weighted by molar-refractivity contribution is 5.80. The summed E-state index contributed by atoms with van der Waals surface area (Å²) in [6.07, 6.45) is 1.79. The van der Waals surface area contributed by atoms with Crippen molar-refractivity contribution in [3.8, 4) is 0 Å². The number of piperazine rings is 1. The summed E-state index contributed by atoms with van der Waals surface area (Å²) in [6, 6.07) is 0.274. The second-order valence-electron chi connectivity index (χ2n) is 4.69. The van der Waals surface area contributed by atoms with Crippen molar-refractivity contribution in [2.75, 3.05) is 32.7 Å². The number of likely N-dealkylation sites (N-methyl/N-ethyl adjacent to an activating group) is 1. The molecule has 0 bridgehead atoms. The molecule has 1 saturated heterocycles. The van der Waals surface area contributed by atoms with Crippen LogP contribution in [-0.4, -0.2) is 54.5 Å². The molecule has 2 aliphatic rings. The molecule has 1 saturated carbocycles. The van der Waals surface area contributed by atoms with E-state index < -0.39 is 0 Å². The van der Waals surface area contributed by atoms with Crippen LogP contribution in [0.1, 0.15) is 19.8 Å². The number of amides is 1. The first-order valence-corrected chi connectivity index (χ1v) is 5.97. The third kappa shape index (κ3) is 2.32. The van der Waals surface area contributed by atoms with E-state index in [1.807, 2.05) is 4.90 Å². The van der Waals surface area contributed by atoms with Gasteiger partial charge in [0.15, 0.2) is 0 Å². The van der Waals surface area contributed by atoms with E-state index in [9.17, 15) is 4.79 Å². The van der Waals surface area contributed by atoms with Gasteiger partial charge in [0.2, 0.25) is 5.91 Å². The molecule has 0 aromatic rings. The lowest BCUT2D eigenvalue weighted by molar-refractivity contribution is -0.140. The summed E-state index contributed by atoms with van der Waals surface area (Å²) in [7, 11) is 0. The van der Waals surface area contributed by atoms with Gasteiger partial charge < -0.3 is 15.5 Å². The molecule has 1 amide bonds. The van der Waals surface area contributed by atoms with Gasteiger partial charge in [0.1, 0.15) is 0 Å². The number of carbonyl (C=O) groups excluding carboxylic acids is 1. The van der Waals surface area contributed by atoms with Crippen LogP contribution >= 0.6 is 0 Å². The third-order valence-corrected chi connectivity index (χ3v) is 3.65. The highest BCUT2D eigenvalue weighted by Crippen LogP contribution is 2.27. The quantitative estimate of drug-likeness (QED) is 0.693. The molecule has 2 fully saturated rings. The smallest absolute Gasteiger partial charge is 0.225 e. The van der Waals surface area contributed by atoms with Gasteiger partial charge in [-0.3, -0.25) is 4.79 Å². The molecular weight excluding hydrogens is 190 g/mol. The van der Waals surface area contributed by atoms with Gasteiger partial charge in [0.25, 0.3) is 0 Å². The van der Waals surface area contributed by atoms with Crippen LogP contribution in [0, 0.1) is 5.92 Å². The van der Waals surface area contributed by atoms with Crippen molar-refractivity contribution in [1.29, 1.82) is 0 Å². The standard InChI is InChI=1S/C11H21N3O/c1-2-13-3-5-14(6-4-13)11(15)9-7-10(12)8-9/h9-10H,2-8,12H2,1H3. The first-order valence-electron chi connectivity index (χ1n) is 5.97. The summed E-state index contributed by atoms with van der Waals surface area (Å²) in [5, 5.41) is 0. The Kier molecular flexibility index (Phi) is 3.26. The van der Waals surface area contributed by atoms with Crippen LogP contribution in [0.3, 0.4) is 0 Å². The maximum Gasteiger partial charge on any atom is 0.225 e. The fourth-order valence-corrected chi connectivity index (χ4v) is 2.41. The Morgan fingerprint density at radius 2 is 1.87 bits per heavy atom. The highest BCUT2D eigenvalue weighted by Gasteiger charge is 2.35. The maximum absolute atomic E-state index is 12.0.